The van der Waals surface area contributed by atoms with Crippen molar-refractivity contribution < 1.29 is 14.3 Å². The Kier molecular flexibility index (Phi) is 4.43. The second-order valence-electron chi connectivity index (χ2n) is 5.81. The molecule has 1 saturated heterocycles. The van der Waals surface area contributed by atoms with Crippen molar-refractivity contribution >= 4 is 5.97 Å². The molecule has 0 radical (unpaired) electrons. The Morgan fingerprint density at radius 2 is 2.05 bits per heavy atom. The number of nitrogens with zero attached hydrogens (tertiary/aromatic N) is 1. The monoisotopic (exact) mass is 279 g/mol. The van der Waals surface area contributed by atoms with Crippen molar-refractivity contribution in [1.29, 1.82) is 0 Å². The van der Waals surface area contributed by atoms with E-state index in [0.717, 1.165) is 5.56 Å². The standard InChI is InChI=1S/C16H22FNO2/c1-3-16(15(19)20)6-8-18(9-7-16)11-13-10-12(2)4-5-14(13)17/h4-5,10H,3,6-9,11H2,1-2H3,(H,19,20). The first-order valence-corrected chi connectivity index (χ1v) is 7.17. The molecule has 0 spiro atoms. The van der Waals surface area contributed by atoms with Gasteiger partial charge < -0.3 is 5.11 Å². The molecule has 0 amide bonds. The molecular formula is C16H22FNO2. The van der Waals surface area contributed by atoms with E-state index in [2.05, 4.69) is 4.90 Å². The van der Waals surface area contributed by atoms with Gasteiger partial charge in [0.1, 0.15) is 5.82 Å². The molecule has 0 saturated carbocycles. The normalized spacial score (nSPS) is 18.9. The molecule has 0 aliphatic carbocycles. The summed E-state index contributed by atoms with van der Waals surface area (Å²) in [6.07, 6.45) is 1.95. The molecule has 0 bridgehead atoms. The topological polar surface area (TPSA) is 40.5 Å². The zero-order chi connectivity index (χ0) is 14.8. The first kappa shape index (κ1) is 15.0. The number of carboxylic acid groups (broad SMARTS) is 1. The number of carbonyl (C=O) groups is 1. The van der Waals surface area contributed by atoms with Gasteiger partial charge in [0.15, 0.2) is 0 Å². The summed E-state index contributed by atoms with van der Waals surface area (Å²) in [6.45, 7) is 5.88. The highest BCUT2D eigenvalue weighted by Crippen LogP contribution is 2.35. The van der Waals surface area contributed by atoms with Gasteiger partial charge in [-0.15, -0.1) is 0 Å². The van der Waals surface area contributed by atoms with Crippen molar-refractivity contribution in [3.8, 4) is 0 Å². The van der Waals surface area contributed by atoms with Crippen LogP contribution in [0.5, 0.6) is 0 Å². The lowest BCUT2D eigenvalue weighted by Crippen LogP contribution is -2.43. The Balaban J connectivity index is 2.01. The van der Waals surface area contributed by atoms with Crippen molar-refractivity contribution in [2.45, 2.75) is 39.7 Å². The highest BCUT2D eigenvalue weighted by molar-refractivity contribution is 5.74. The second-order valence-corrected chi connectivity index (χ2v) is 5.81. The summed E-state index contributed by atoms with van der Waals surface area (Å²) in [4.78, 5) is 13.5. The van der Waals surface area contributed by atoms with E-state index >= 15 is 0 Å². The van der Waals surface area contributed by atoms with E-state index in [1.807, 2.05) is 19.9 Å². The van der Waals surface area contributed by atoms with E-state index in [0.29, 0.717) is 44.5 Å². The third kappa shape index (κ3) is 3.01. The predicted molar refractivity (Wildman–Crippen MR) is 76.0 cm³/mol. The lowest BCUT2D eigenvalue weighted by molar-refractivity contribution is -0.152. The smallest absolute Gasteiger partial charge is 0.309 e. The molecule has 1 aromatic carbocycles. The lowest BCUT2D eigenvalue weighted by Gasteiger charge is -2.38. The highest BCUT2D eigenvalue weighted by atomic mass is 19.1. The molecule has 1 aliphatic heterocycles. The van der Waals surface area contributed by atoms with Crippen LogP contribution >= 0.6 is 0 Å². The minimum atomic E-state index is -0.693. The number of hydrogen-bond acceptors (Lipinski definition) is 2. The SMILES string of the molecule is CCC1(C(=O)O)CCN(Cc2cc(C)ccc2F)CC1. The number of benzene rings is 1. The molecule has 4 heteroatoms. The van der Waals surface area contributed by atoms with Gasteiger partial charge in [0, 0.05) is 12.1 Å². The minimum absolute atomic E-state index is 0.179. The fourth-order valence-corrected chi connectivity index (χ4v) is 2.92. The maximum Gasteiger partial charge on any atom is 0.309 e. The van der Waals surface area contributed by atoms with E-state index in [1.54, 1.807) is 6.07 Å². The lowest BCUT2D eigenvalue weighted by atomic mass is 9.76. The van der Waals surface area contributed by atoms with Crippen LogP contribution in [0.25, 0.3) is 0 Å². The molecule has 3 nitrogen and oxygen atoms in total. The quantitative estimate of drug-likeness (QED) is 0.920. The van der Waals surface area contributed by atoms with Crippen LogP contribution in [-0.2, 0) is 11.3 Å². The number of aryl methyl sites for hydroxylation is 1. The van der Waals surface area contributed by atoms with Gasteiger partial charge in [-0.05, 0) is 45.3 Å². The van der Waals surface area contributed by atoms with Gasteiger partial charge >= 0.3 is 5.97 Å². The van der Waals surface area contributed by atoms with Crippen LogP contribution in [0.3, 0.4) is 0 Å². The summed E-state index contributed by atoms with van der Waals surface area (Å²) in [7, 11) is 0. The van der Waals surface area contributed by atoms with Gasteiger partial charge in [0.25, 0.3) is 0 Å². The summed E-state index contributed by atoms with van der Waals surface area (Å²) < 4.78 is 13.8. The molecule has 1 aliphatic rings. The van der Waals surface area contributed by atoms with Crippen molar-refractivity contribution in [2.75, 3.05) is 13.1 Å². The number of aliphatic carboxylic acids is 1. The molecule has 1 fully saturated rings. The molecule has 20 heavy (non-hydrogen) atoms. The Hall–Kier alpha value is -1.42. The Bertz CT molecular complexity index is 493. The van der Waals surface area contributed by atoms with Gasteiger partial charge in [0.2, 0.25) is 0 Å². The van der Waals surface area contributed by atoms with Gasteiger partial charge in [-0.2, -0.15) is 0 Å². The van der Waals surface area contributed by atoms with Crippen LogP contribution in [0.15, 0.2) is 18.2 Å². The van der Waals surface area contributed by atoms with E-state index in [1.165, 1.54) is 6.07 Å². The molecule has 110 valence electrons. The summed E-state index contributed by atoms with van der Waals surface area (Å²) in [6, 6.07) is 5.14. The maximum atomic E-state index is 13.8. The van der Waals surface area contributed by atoms with Crippen LogP contribution in [0.4, 0.5) is 4.39 Å². The number of likely N-dealkylation sites (tertiary alicyclic amines) is 1. The van der Waals surface area contributed by atoms with Crippen LogP contribution < -0.4 is 0 Å². The van der Waals surface area contributed by atoms with E-state index in [9.17, 15) is 14.3 Å². The maximum absolute atomic E-state index is 13.8. The summed E-state index contributed by atoms with van der Waals surface area (Å²) in [5, 5.41) is 9.37. The van der Waals surface area contributed by atoms with Gasteiger partial charge in [-0.1, -0.05) is 24.6 Å². The molecular weight excluding hydrogens is 257 g/mol. The summed E-state index contributed by atoms with van der Waals surface area (Å²) >= 11 is 0. The summed E-state index contributed by atoms with van der Waals surface area (Å²) in [5.74, 6) is -0.873. The molecule has 1 aromatic rings. The zero-order valence-electron chi connectivity index (χ0n) is 12.2. The molecule has 1 N–H and O–H groups in total. The Morgan fingerprint density at radius 1 is 1.40 bits per heavy atom. The van der Waals surface area contributed by atoms with E-state index in [4.69, 9.17) is 0 Å². The van der Waals surface area contributed by atoms with E-state index in [-0.39, 0.29) is 5.82 Å². The molecule has 0 aromatic heterocycles. The van der Waals surface area contributed by atoms with Crippen LogP contribution in [0.1, 0.15) is 37.3 Å². The first-order valence-electron chi connectivity index (χ1n) is 7.17. The third-order valence-corrected chi connectivity index (χ3v) is 4.54. The Morgan fingerprint density at radius 3 is 2.60 bits per heavy atom. The van der Waals surface area contributed by atoms with Crippen molar-refractivity contribution in [1.82, 2.24) is 4.90 Å². The Labute approximate surface area is 119 Å². The fraction of sp³-hybridized carbons (Fsp3) is 0.562. The van der Waals surface area contributed by atoms with Crippen molar-refractivity contribution in [2.24, 2.45) is 5.41 Å². The fourth-order valence-electron chi connectivity index (χ4n) is 2.92. The number of rotatable bonds is 4. The van der Waals surface area contributed by atoms with E-state index < -0.39 is 11.4 Å². The predicted octanol–water partition coefficient (Wildman–Crippen LogP) is 3.21. The van der Waals surface area contributed by atoms with Crippen molar-refractivity contribution in [3.63, 3.8) is 0 Å². The number of halogens is 1. The van der Waals surface area contributed by atoms with Crippen LogP contribution in [-0.4, -0.2) is 29.1 Å². The van der Waals surface area contributed by atoms with Gasteiger partial charge in [-0.3, -0.25) is 9.69 Å². The molecule has 0 unspecified atom stereocenters. The number of carboxylic acids is 1. The summed E-state index contributed by atoms with van der Waals surface area (Å²) in [5.41, 5.74) is 1.16. The number of hydrogen-bond donors (Lipinski definition) is 1. The average molecular weight is 279 g/mol. The first-order chi connectivity index (χ1) is 9.47. The second kappa shape index (κ2) is 5.92. The zero-order valence-corrected chi connectivity index (χ0v) is 12.2. The van der Waals surface area contributed by atoms with Gasteiger partial charge in [-0.25, -0.2) is 4.39 Å². The minimum Gasteiger partial charge on any atom is -0.481 e. The van der Waals surface area contributed by atoms with Crippen LogP contribution in [0, 0.1) is 18.2 Å². The molecule has 2 rings (SSSR count). The van der Waals surface area contributed by atoms with Crippen molar-refractivity contribution in [3.05, 3.63) is 35.1 Å². The average Bonchev–Trinajstić information content (AvgIpc) is 2.43. The molecule has 0 atom stereocenters. The highest BCUT2D eigenvalue weighted by Gasteiger charge is 2.39. The largest absolute Gasteiger partial charge is 0.481 e. The molecule has 1 heterocycles. The van der Waals surface area contributed by atoms with Crippen LogP contribution in [0.2, 0.25) is 0 Å². The number of piperidine rings is 1. The van der Waals surface area contributed by atoms with Gasteiger partial charge in [0.05, 0.1) is 5.41 Å². The third-order valence-electron chi connectivity index (χ3n) is 4.54.